The number of nitrogens with two attached hydrogens (primary N) is 1. The first-order chi connectivity index (χ1) is 5.26. The highest BCUT2D eigenvalue weighted by atomic mass is 16.5. The fourth-order valence-corrected chi connectivity index (χ4v) is 2.08. The summed E-state index contributed by atoms with van der Waals surface area (Å²) >= 11 is 0. The molecule has 2 N–H and O–H groups in total. The van der Waals surface area contributed by atoms with Crippen LogP contribution in [0.4, 0.5) is 0 Å². The summed E-state index contributed by atoms with van der Waals surface area (Å²) in [6.07, 6.45) is 4.36. The van der Waals surface area contributed by atoms with Crippen LogP contribution in [-0.2, 0) is 4.74 Å². The summed E-state index contributed by atoms with van der Waals surface area (Å²) in [6.45, 7) is 3.98. The van der Waals surface area contributed by atoms with Crippen LogP contribution < -0.4 is 5.73 Å². The van der Waals surface area contributed by atoms with Gasteiger partial charge in [-0.15, -0.1) is 0 Å². The van der Waals surface area contributed by atoms with Crippen molar-refractivity contribution in [2.45, 2.75) is 32.3 Å². The van der Waals surface area contributed by atoms with E-state index in [-0.39, 0.29) is 0 Å². The number of ether oxygens (including phenoxy) is 1. The van der Waals surface area contributed by atoms with Crippen LogP contribution in [0, 0.1) is 11.3 Å². The van der Waals surface area contributed by atoms with Gasteiger partial charge in [-0.25, -0.2) is 0 Å². The Labute approximate surface area is 68.1 Å². The summed E-state index contributed by atoms with van der Waals surface area (Å²) in [6, 6.07) is 0. The fraction of sp³-hybridized carbons (Fsp3) is 1.00. The van der Waals surface area contributed by atoms with Gasteiger partial charge in [-0.1, -0.05) is 6.92 Å². The molecule has 2 heteroatoms. The average Bonchev–Trinajstić information content (AvgIpc) is 2.77. The van der Waals surface area contributed by atoms with Crippen molar-refractivity contribution in [2.75, 3.05) is 13.2 Å². The molecule has 1 aliphatic heterocycles. The Morgan fingerprint density at radius 3 is 2.82 bits per heavy atom. The lowest BCUT2D eigenvalue weighted by molar-refractivity contribution is 0.0423. The minimum atomic E-state index is 0.293. The van der Waals surface area contributed by atoms with E-state index >= 15 is 0 Å². The molecule has 0 amide bonds. The molecule has 0 aromatic rings. The van der Waals surface area contributed by atoms with Crippen LogP contribution in [0.1, 0.15) is 26.2 Å². The van der Waals surface area contributed by atoms with E-state index in [0.29, 0.717) is 11.5 Å². The first-order valence-electron chi connectivity index (χ1n) is 4.58. The molecular weight excluding hydrogens is 138 g/mol. The SMILES string of the molecule is C[C@]1(CN)CCO[C@@H]1C1CC1. The van der Waals surface area contributed by atoms with E-state index in [1.165, 1.54) is 12.8 Å². The van der Waals surface area contributed by atoms with E-state index in [2.05, 4.69) is 6.92 Å². The molecule has 0 spiro atoms. The van der Waals surface area contributed by atoms with E-state index in [9.17, 15) is 0 Å². The van der Waals surface area contributed by atoms with Gasteiger partial charge in [0.05, 0.1) is 6.10 Å². The third kappa shape index (κ3) is 1.18. The number of rotatable bonds is 2. The predicted molar refractivity (Wildman–Crippen MR) is 44.2 cm³/mol. The molecule has 1 saturated heterocycles. The monoisotopic (exact) mass is 155 g/mol. The van der Waals surface area contributed by atoms with E-state index in [0.717, 1.165) is 25.5 Å². The maximum Gasteiger partial charge on any atom is 0.0669 e. The quantitative estimate of drug-likeness (QED) is 0.649. The average molecular weight is 155 g/mol. The Balaban J connectivity index is 2.05. The van der Waals surface area contributed by atoms with Crippen LogP contribution in [0.25, 0.3) is 0 Å². The third-order valence-electron chi connectivity index (χ3n) is 3.17. The van der Waals surface area contributed by atoms with Crippen LogP contribution in [0.5, 0.6) is 0 Å². The van der Waals surface area contributed by atoms with Gasteiger partial charge in [0.15, 0.2) is 0 Å². The normalized spacial score (nSPS) is 44.7. The lowest BCUT2D eigenvalue weighted by Gasteiger charge is -2.28. The molecule has 0 unspecified atom stereocenters. The van der Waals surface area contributed by atoms with Crippen LogP contribution in [-0.4, -0.2) is 19.3 Å². The molecule has 64 valence electrons. The van der Waals surface area contributed by atoms with Crippen LogP contribution in [0.15, 0.2) is 0 Å². The maximum atomic E-state index is 5.74. The Morgan fingerprint density at radius 2 is 2.27 bits per heavy atom. The van der Waals surface area contributed by atoms with Crippen molar-refractivity contribution in [1.82, 2.24) is 0 Å². The van der Waals surface area contributed by atoms with E-state index in [1.54, 1.807) is 0 Å². The Morgan fingerprint density at radius 1 is 1.55 bits per heavy atom. The second-order valence-electron chi connectivity index (χ2n) is 4.24. The highest BCUT2D eigenvalue weighted by molar-refractivity contribution is 4.97. The van der Waals surface area contributed by atoms with E-state index in [1.807, 2.05) is 0 Å². The fourth-order valence-electron chi connectivity index (χ4n) is 2.08. The molecule has 0 aromatic heterocycles. The topological polar surface area (TPSA) is 35.2 Å². The van der Waals surface area contributed by atoms with E-state index < -0.39 is 0 Å². The molecule has 0 radical (unpaired) electrons. The summed E-state index contributed by atoms with van der Waals surface area (Å²) in [7, 11) is 0. The lowest BCUT2D eigenvalue weighted by Crippen LogP contribution is -2.36. The molecule has 1 aliphatic carbocycles. The lowest BCUT2D eigenvalue weighted by atomic mass is 9.81. The van der Waals surface area contributed by atoms with Crippen LogP contribution >= 0.6 is 0 Å². The molecule has 1 saturated carbocycles. The molecular formula is C9H17NO. The molecule has 0 bridgehead atoms. The summed E-state index contributed by atoms with van der Waals surface area (Å²) in [4.78, 5) is 0. The second-order valence-corrected chi connectivity index (χ2v) is 4.24. The Hall–Kier alpha value is -0.0800. The van der Waals surface area contributed by atoms with Crippen LogP contribution in [0.2, 0.25) is 0 Å². The molecule has 2 fully saturated rings. The molecule has 11 heavy (non-hydrogen) atoms. The number of hydrogen-bond acceptors (Lipinski definition) is 2. The van der Waals surface area contributed by atoms with Crippen molar-refractivity contribution in [1.29, 1.82) is 0 Å². The zero-order valence-corrected chi connectivity index (χ0v) is 7.18. The van der Waals surface area contributed by atoms with Gasteiger partial charge in [0.25, 0.3) is 0 Å². The molecule has 1 heterocycles. The maximum absolute atomic E-state index is 5.74. The van der Waals surface area contributed by atoms with Gasteiger partial charge >= 0.3 is 0 Å². The van der Waals surface area contributed by atoms with Gasteiger partial charge in [-0.2, -0.15) is 0 Å². The van der Waals surface area contributed by atoms with Crippen molar-refractivity contribution in [3.05, 3.63) is 0 Å². The summed E-state index contributed by atoms with van der Waals surface area (Å²) in [5.41, 5.74) is 6.04. The van der Waals surface area contributed by atoms with Crippen molar-refractivity contribution in [3.8, 4) is 0 Å². The summed E-state index contributed by atoms with van der Waals surface area (Å²) < 4.78 is 5.70. The molecule has 2 nitrogen and oxygen atoms in total. The van der Waals surface area contributed by atoms with Crippen LogP contribution in [0.3, 0.4) is 0 Å². The van der Waals surface area contributed by atoms with Gasteiger partial charge < -0.3 is 10.5 Å². The minimum Gasteiger partial charge on any atom is -0.377 e. The zero-order chi connectivity index (χ0) is 7.90. The zero-order valence-electron chi connectivity index (χ0n) is 7.18. The smallest absolute Gasteiger partial charge is 0.0669 e. The third-order valence-corrected chi connectivity index (χ3v) is 3.17. The number of hydrogen-bond donors (Lipinski definition) is 1. The van der Waals surface area contributed by atoms with Crippen molar-refractivity contribution >= 4 is 0 Å². The van der Waals surface area contributed by atoms with Gasteiger partial charge in [-0.05, 0) is 25.2 Å². The summed E-state index contributed by atoms with van der Waals surface area (Å²) in [5.74, 6) is 0.839. The first-order valence-corrected chi connectivity index (χ1v) is 4.58. The molecule has 0 aromatic carbocycles. The van der Waals surface area contributed by atoms with Gasteiger partial charge in [-0.3, -0.25) is 0 Å². The van der Waals surface area contributed by atoms with Crippen molar-refractivity contribution in [2.24, 2.45) is 17.1 Å². The summed E-state index contributed by atoms with van der Waals surface area (Å²) in [5, 5.41) is 0. The van der Waals surface area contributed by atoms with E-state index in [4.69, 9.17) is 10.5 Å². The predicted octanol–water partition coefficient (Wildman–Crippen LogP) is 1.15. The van der Waals surface area contributed by atoms with Gasteiger partial charge in [0.1, 0.15) is 0 Å². The van der Waals surface area contributed by atoms with Gasteiger partial charge in [0.2, 0.25) is 0 Å². The van der Waals surface area contributed by atoms with Crippen molar-refractivity contribution < 1.29 is 4.74 Å². The van der Waals surface area contributed by atoms with Crippen molar-refractivity contribution in [3.63, 3.8) is 0 Å². The Kier molecular flexibility index (Phi) is 1.69. The standard InChI is InChI=1S/C9H17NO/c1-9(6-10)4-5-11-8(9)7-2-3-7/h7-8H,2-6,10H2,1H3/t8-,9-/m1/s1. The largest absolute Gasteiger partial charge is 0.377 e. The molecule has 2 aliphatic rings. The molecule has 2 rings (SSSR count). The Bertz CT molecular complexity index is 156. The highest BCUT2D eigenvalue weighted by Crippen LogP contribution is 2.46. The highest BCUT2D eigenvalue weighted by Gasteiger charge is 2.47. The minimum absolute atomic E-state index is 0.293. The second kappa shape index (κ2) is 2.46. The molecule has 2 atom stereocenters. The van der Waals surface area contributed by atoms with Gasteiger partial charge in [0, 0.05) is 18.6 Å². The first kappa shape index (κ1) is 7.56.